The highest BCUT2D eigenvalue weighted by Gasteiger charge is 2.22. The third kappa shape index (κ3) is 2.98. The van der Waals surface area contributed by atoms with Gasteiger partial charge in [-0.3, -0.25) is 0 Å². The summed E-state index contributed by atoms with van der Waals surface area (Å²) in [7, 11) is 0. The topological polar surface area (TPSA) is 35.0 Å². The summed E-state index contributed by atoms with van der Waals surface area (Å²) in [6.45, 7) is 2.11. The summed E-state index contributed by atoms with van der Waals surface area (Å²) in [5.41, 5.74) is 7.53. The number of aryl methyl sites for hydroxylation is 1. The number of rotatable bonds is 2. The van der Waals surface area contributed by atoms with Crippen molar-refractivity contribution in [2.45, 2.75) is 6.92 Å². The fourth-order valence-electron chi connectivity index (χ4n) is 4.74. The van der Waals surface area contributed by atoms with Crippen molar-refractivity contribution in [3.63, 3.8) is 0 Å². The SMILES string of the molecule is Cc1ccc(-c2ccc3cc(-c4nc5c6c(cccc6n4)Oc4ccccc4-5)ccc3c2)cc1. The fourth-order valence-corrected chi connectivity index (χ4v) is 4.74. The quantitative estimate of drug-likeness (QED) is 0.274. The second kappa shape index (κ2) is 7.26. The van der Waals surface area contributed by atoms with Crippen molar-refractivity contribution in [1.82, 2.24) is 9.97 Å². The molecule has 160 valence electrons. The Morgan fingerprint density at radius 3 is 2.15 bits per heavy atom. The summed E-state index contributed by atoms with van der Waals surface area (Å²) < 4.78 is 6.13. The molecule has 3 nitrogen and oxygen atoms in total. The van der Waals surface area contributed by atoms with Gasteiger partial charge in [-0.1, -0.05) is 72.3 Å². The number of hydrogen-bond acceptors (Lipinski definition) is 3. The highest BCUT2D eigenvalue weighted by atomic mass is 16.5. The first-order valence-electron chi connectivity index (χ1n) is 11.4. The van der Waals surface area contributed by atoms with Crippen molar-refractivity contribution in [3.05, 3.63) is 109 Å². The minimum Gasteiger partial charge on any atom is -0.456 e. The third-order valence-corrected chi connectivity index (χ3v) is 6.53. The molecule has 0 spiro atoms. The molecule has 0 amide bonds. The van der Waals surface area contributed by atoms with E-state index in [1.165, 1.54) is 27.5 Å². The van der Waals surface area contributed by atoms with Crippen LogP contribution >= 0.6 is 0 Å². The number of fused-ring (bicyclic) bond motifs is 3. The van der Waals surface area contributed by atoms with Crippen LogP contribution in [0.2, 0.25) is 0 Å². The minimum atomic E-state index is 0.723. The predicted octanol–water partition coefficient (Wildman–Crippen LogP) is 8.20. The zero-order valence-corrected chi connectivity index (χ0v) is 18.6. The number of aromatic nitrogens is 2. The van der Waals surface area contributed by atoms with Gasteiger partial charge in [0.25, 0.3) is 0 Å². The largest absolute Gasteiger partial charge is 0.456 e. The lowest BCUT2D eigenvalue weighted by molar-refractivity contribution is 0.486. The van der Waals surface area contributed by atoms with Crippen LogP contribution in [0.5, 0.6) is 11.5 Å². The van der Waals surface area contributed by atoms with Crippen LogP contribution in [0.25, 0.3) is 55.4 Å². The lowest BCUT2D eigenvalue weighted by atomic mass is 9.98. The van der Waals surface area contributed by atoms with Gasteiger partial charge in [0.05, 0.1) is 16.6 Å². The van der Waals surface area contributed by atoms with Gasteiger partial charge in [-0.2, -0.15) is 0 Å². The van der Waals surface area contributed by atoms with E-state index in [0.717, 1.165) is 45.0 Å². The zero-order chi connectivity index (χ0) is 22.6. The van der Waals surface area contributed by atoms with Crippen molar-refractivity contribution in [2.75, 3.05) is 0 Å². The molecule has 0 saturated carbocycles. The Hall–Kier alpha value is -4.50. The minimum absolute atomic E-state index is 0.723. The highest BCUT2D eigenvalue weighted by Crippen LogP contribution is 2.45. The van der Waals surface area contributed by atoms with E-state index in [0.29, 0.717) is 0 Å². The molecule has 0 atom stereocenters. The van der Waals surface area contributed by atoms with Crippen LogP contribution < -0.4 is 4.74 Å². The Labute approximate surface area is 197 Å². The Morgan fingerprint density at radius 1 is 0.588 bits per heavy atom. The molecule has 0 fully saturated rings. The smallest absolute Gasteiger partial charge is 0.160 e. The van der Waals surface area contributed by atoms with Gasteiger partial charge in [0.1, 0.15) is 11.5 Å². The molecule has 1 aromatic heterocycles. The average Bonchev–Trinajstić information content (AvgIpc) is 2.88. The van der Waals surface area contributed by atoms with Crippen molar-refractivity contribution >= 4 is 21.7 Å². The Balaban J connectivity index is 1.37. The fraction of sp³-hybridized carbons (Fsp3) is 0.0323. The van der Waals surface area contributed by atoms with Crippen molar-refractivity contribution < 1.29 is 4.74 Å². The van der Waals surface area contributed by atoms with Crippen LogP contribution in [0.4, 0.5) is 0 Å². The van der Waals surface area contributed by atoms with Gasteiger partial charge in [-0.15, -0.1) is 0 Å². The summed E-state index contributed by atoms with van der Waals surface area (Å²) in [5.74, 6) is 2.36. The van der Waals surface area contributed by atoms with E-state index >= 15 is 0 Å². The highest BCUT2D eigenvalue weighted by molar-refractivity contribution is 6.01. The molecular weight excluding hydrogens is 416 g/mol. The number of nitrogens with zero attached hydrogens (tertiary/aromatic N) is 2. The van der Waals surface area contributed by atoms with E-state index in [1.807, 2.05) is 36.4 Å². The van der Waals surface area contributed by atoms with E-state index < -0.39 is 0 Å². The molecule has 0 bridgehead atoms. The third-order valence-electron chi connectivity index (χ3n) is 6.53. The molecule has 0 N–H and O–H groups in total. The number of benzene rings is 5. The molecule has 0 aliphatic carbocycles. The lowest BCUT2D eigenvalue weighted by Crippen LogP contribution is -2.02. The summed E-state index contributed by atoms with van der Waals surface area (Å²) in [6, 6.07) is 35.8. The van der Waals surface area contributed by atoms with Crippen LogP contribution in [-0.2, 0) is 0 Å². The van der Waals surface area contributed by atoms with Gasteiger partial charge in [-0.05, 0) is 65.2 Å². The number of ether oxygens (including phenoxy) is 1. The van der Waals surface area contributed by atoms with Crippen LogP contribution in [-0.4, -0.2) is 9.97 Å². The van der Waals surface area contributed by atoms with Gasteiger partial charge < -0.3 is 4.74 Å². The van der Waals surface area contributed by atoms with Gasteiger partial charge >= 0.3 is 0 Å². The van der Waals surface area contributed by atoms with Gasteiger partial charge in [-0.25, -0.2) is 9.97 Å². The predicted molar refractivity (Wildman–Crippen MR) is 138 cm³/mol. The Kier molecular flexibility index (Phi) is 4.06. The second-order valence-electron chi connectivity index (χ2n) is 8.79. The maximum Gasteiger partial charge on any atom is 0.160 e. The van der Waals surface area contributed by atoms with E-state index in [1.54, 1.807) is 0 Å². The van der Waals surface area contributed by atoms with Crippen LogP contribution in [0.3, 0.4) is 0 Å². The first-order chi connectivity index (χ1) is 16.7. The maximum absolute atomic E-state index is 6.13. The number of para-hydroxylation sites is 1. The normalized spacial score (nSPS) is 11.9. The molecule has 2 heterocycles. The summed E-state index contributed by atoms with van der Waals surface area (Å²) in [4.78, 5) is 9.94. The molecule has 34 heavy (non-hydrogen) atoms. The number of hydrogen-bond donors (Lipinski definition) is 0. The summed E-state index contributed by atoms with van der Waals surface area (Å²) in [6.07, 6.45) is 0. The first-order valence-corrected chi connectivity index (χ1v) is 11.4. The molecule has 3 heteroatoms. The van der Waals surface area contributed by atoms with E-state index in [-0.39, 0.29) is 0 Å². The average molecular weight is 437 g/mol. The molecule has 0 radical (unpaired) electrons. The van der Waals surface area contributed by atoms with Crippen molar-refractivity contribution in [3.8, 4) is 45.3 Å². The molecular formula is C31H20N2O. The maximum atomic E-state index is 6.13. The van der Waals surface area contributed by atoms with Gasteiger partial charge in [0, 0.05) is 11.1 Å². The first kappa shape index (κ1) is 19.0. The monoisotopic (exact) mass is 436 g/mol. The molecule has 7 rings (SSSR count). The van der Waals surface area contributed by atoms with E-state index in [9.17, 15) is 0 Å². The molecule has 1 aliphatic heterocycles. The molecule has 0 unspecified atom stereocenters. The van der Waals surface area contributed by atoms with Gasteiger partial charge in [0.2, 0.25) is 0 Å². The molecule has 5 aromatic carbocycles. The Morgan fingerprint density at radius 2 is 1.29 bits per heavy atom. The molecule has 0 saturated heterocycles. The molecule has 1 aliphatic rings. The second-order valence-corrected chi connectivity index (χ2v) is 8.79. The summed E-state index contributed by atoms with van der Waals surface area (Å²) >= 11 is 0. The Bertz CT molecular complexity index is 1740. The standard InChI is InChI=1S/C31H20N2O/c1-19-9-11-20(12-10-19)21-13-14-23-18-24(16-15-22(23)17-21)31-32-26-6-4-8-28-29(26)30(33-31)25-5-2-3-7-27(25)34-28/h2-18H,1H3. The lowest BCUT2D eigenvalue weighted by Gasteiger charge is -2.20. The van der Waals surface area contributed by atoms with E-state index in [4.69, 9.17) is 14.7 Å². The van der Waals surface area contributed by atoms with Crippen LogP contribution in [0.1, 0.15) is 5.56 Å². The van der Waals surface area contributed by atoms with Crippen molar-refractivity contribution in [2.24, 2.45) is 0 Å². The van der Waals surface area contributed by atoms with Crippen LogP contribution in [0.15, 0.2) is 103 Å². The summed E-state index contributed by atoms with van der Waals surface area (Å²) in [5, 5.41) is 3.33. The molecule has 6 aromatic rings. The van der Waals surface area contributed by atoms with Gasteiger partial charge in [0.15, 0.2) is 5.82 Å². The van der Waals surface area contributed by atoms with Crippen molar-refractivity contribution in [1.29, 1.82) is 0 Å². The van der Waals surface area contributed by atoms with E-state index in [2.05, 4.69) is 73.7 Å². The van der Waals surface area contributed by atoms with Crippen LogP contribution in [0, 0.1) is 6.92 Å². The zero-order valence-electron chi connectivity index (χ0n) is 18.6.